The van der Waals surface area contributed by atoms with E-state index in [0.717, 1.165) is 22.2 Å². The standard InChI is InChI=1S/C31H28N4O6S/c1-19(36)40-17-22-18-42-29-31(39-2,34-30-32-23-15-9-10-16-24(23)33-30)28(38)35(29)25(22)27(37)41-26(20-11-5-3-6-12-20)21-13-7-4-8-14-21/h3-16,26,29H,17-18H2,1-2H3,(H2,32,33,34)/t29-,31+/m1/s1. The molecule has 3 aromatic carbocycles. The molecule has 4 aromatic rings. The molecular formula is C31H28N4O6S. The normalized spacial score (nSPS) is 19.8. The molecular weight excluding hydrogens is 556 g/mol. The number of imidazole rings is 1. The Bertz CT molecular complexity index is 1600. The lowest BCUT2D eigenvalue weighted by atomic mass is 9.98. The zero-order valence-corrected chi connectivity index (χ0v) is 23.7. The highest BCUT2D eigenvalue weighted by Crippen LogP contribution is 2.48. The molecule has 1 saturated heterocycles. The minimum atomic E-state index is -1.49. The number of H-pyrrole nitrogens is 1. The van der Waals surface area contributed by atoms with Gasteiger partial charge in [0.2, 0.25) is 5.95 Å². The van der Waals surface area contributed by atoms with Crippen LogP contribution in [0.15, 0.2) is 96.2 Å². The third-order valence-corrected chi connectivity index (χ3v) is 8.57. The Kier molecular flexibility index (Phi) is 7.44. The molecule has 0 radical (unpaired) electrons. The molecule has 0 saturated carbocycles. The monoisotopic (exact) mass is 584 g/mol. The number of aromatic nitrogens is 2. The smallest absolute Gasteiger partial charge is 0.356 e. The first-order valence-electron chi connectivity index (χ1n) is 13.3. The van der Waals surface area contributed by atoms with E-state index in [4.69, 9.17) is 14.2 Å². The first-order chi connectivity index (χ1) is 20.4. The average Bonchev–Trinajstić information content (AvgIpc) is 3.44. The van der Waals surface area contributed by atoms with E-state index in [-0.39, 0.29) is 12.3 Å². The van der Waals surface area contributed by atoms with Crippen molar-refractivity contribution in [3.63, 3.8) is 0 Å². The van der Waals surface area contributed by atoms with Gasteiger partial charge in [-0.3, -0.25) is 14.5 Å². The van der Waals surface area contributed by atoms with Gasteiger partial charge in [-0.15, -0.1) is 11.8 Å². The summed E-state index contributed by atoms with van der Waals surface area (Å²) in [6, 6.07) is 26.2. The minimum Gasteiger partial charge on any atom is -0.461 e. The zero-order valence-electron chi connectivity index (χ0n) is 22.9. The molecule has 1 amide bonds. The number of nitrogens with zero attached hydrogens (tertiary/aromatic N) is 2. The fraction of sp³-hybridized carbons (Fsp3) is 0.226. The maximum Gasteiger partial charge on any atom is 0.356 e. The fourth-order valence-corrected chi connectivity index (χ4v) is 6.59. The number of esters is 2. The van der Waals surface area contributed by atoms with Gasteiger partial charge < -0.3 is 24.5 Å². The van der Waals surface area contributed by atoms with Crippen LogP contribution in [0.4, 0.5) is 5.95 Å². The van der Waals surface area contributed by atoms with E-state index in [1.54, 1.807) is 0 Å². The summed E-state index contributed by atoms with van der Waals surface area (Å²) in [5, 5.41) is 2.51. The molecule has 0 spiro atoms. The van der Waals surface area contributed by atoms with E-state index < -0.39 is 35.0 Å². The van der Waals surface area contributed by atoms with Crippen LogP contribution in [-0.2, 0) is 28.6 Å². The molecule has 42 heavy (non-hydrogen) atoms. The third-order valence-electron chi connectivity index (χ3n) is 7.20. The maximum atomic E-state index is 14.0. The van der Waals surface area contributed by atoms with Crippen LogP contribution in [-0.4, -0.2) is 63.3 Å². The van der Waals surface area contributed by atoms with E-state index in [0.29, 0.717) is 17.3 Å². The third kappa shape index (κ3) is 4.90. The second kappa shape index (κ2) is 11.3. The van der Waals surface area contributed by atoms with Crippen molar-refractivity contribution >= 4 is 46.6 Å². The molecule has 0 aliphatic carbocycles. The van der Waals surface area contributed by atoms with E-state index in [9.17, 15) is 14.4 Å². The Hall–Kier alpha value is -4.61. The van der Waals surface area contributed by atoms with Crippen molar-refractivity contribution in [2.45, 2.75) is 24.1 Å². The van der Waals surface area contributed by atoms with Gasteiger partial charge in [0.25, 0.3) is 11.6 Å². The number of nitrogens with one attached hydrogen (secondary N) is 2. The second-order valence-corrected chi connectivity index (χ2v) is 10.9. The van der Waals surface area contributed by atoms with Crippen molar-refractivity contribution in [3.8, 4) is 0 Å². The highest BCUT2D eigenvalue weighted by Gasteiger charge is 2.66. The number of fused-ring (bicyclic) bond motifs is 2. The number of methoxy groups -OCH3 is 1. The number of amides is 1. The van der Waals surface area contributed by atoms with Crippen LogP contribution in [0.25, 0.3) is 11.0 Å². The van der Waals surface area contributed by atoms with Crippen molar-refractivity contribution in [1.82, 2.24) is 14.9 Å². The van der Waals surface area contributed by atoms with Gasteiger partial charge in [0.1, 0.15) is 17.7 Å². The molecule has 10 nitrogen and oxygen atoms in total. The van der Waals surface area contributed by atoms with Gasteiger partial charge >= 0.3 is 11.9 Å². The first kappa shape index (κ1) is 27.6. The summed E-state index contributed by atoms with van der Waals surface area (Å²) in [4.78, 5) is 48.7. The van der Waals surface area contributed by atoms with E-state index in [1.165, 1.54) is 30.7 Å². The quantitative estimate of drug-likeness (QED) is 0.168. The fourth-order valence-electron chi connectivity index (χ4n) is 5.17. The number of para-hydroxylation sites is 2. The summed E-state index contributed by atoms with van der Waals surface area (Å²) >= 11 is 1.39. The van der Waals surface area contributed by atoms with Gasteiger partial charge in [-0.1, -0.05) is 72.8 Å². The second-order valence-electron chi connectivity index (χ2n) is 9.84. The number of carbonyl (C=O) groups excluding carboxylic acids is 3. The van der Waals surface area contributed by atoms with Gasteiger partial charge in [-0.2, -0.15) is 0 Å². The predicted molar refractivity (Wildman–Crippen MR) is 157 cm³/mol. The molecule has 0 unspecified atom stereocenters. The Morgan fingerprint density at radius 1 is 1.05 bits per heavy atom. The number of carbonyl (C=O) groups is 3. The van der Waals surface area contributed by atoms with Gasteiger partial charge in [-0.05, 0) is 23.3 Å². The number of rotatable bonds is 9. The van der Waals surface area contributed by atoms with Crippen LogP contribution >= 0.6 is 11.8 Å². The van der Waals surface area contributed by atoms with Gasteiger partial charge in [0.15, 0.2) is 6.10 Å². The Balaban J connectivity index is 1.34. The summed E-state index contributed by atoms with van der Waals surface area (Å²) < 4.78 is 17.2. The molecule has 2 atom stereocenters. The van der Waals surface area contributed by atoms with Crippen LogP contribution in [0, 0.1) is 0 Å². The molecule has 11 heteroatoms. The maximum absolute atomic E-state index is 14.0. The zero-order chi connectivity index (χ0) is 29.3. The Morgan fingerprint density at radius 3 is 2.31 bits per heavy atom. The van der Waals surface area contributed by atoms with Gasteiger partial charge in [0, 0.05) is 25.4 Å². The van der Waals surface area contributed by atoms with Crippen molar-refractivity contribution in [3.05, 3.63) is 107 Å². The summed E-state index contributed by atoms with van der Waals surface area (Å²) in [5.74, 6) is -1.03. The van der Waals surface area contributed by atoms with Crippen molar-refractivity contribution in [1.29, 1.82) is 0 Å². The number of hydrogen-bond donors (Lipinski definition) is 2. The number of aromatic amines is 1. The topological polar surface area (TPSA) is 123 Å². The molecule has 214 valence electrons. The minimum absolute atomic E-state index is 0.0425. The molecule has 1 fully saturated rings. The largest absolute Gasteiger partial charge is 0.461 e. The number of β-lactam (4-membered cyclic amide) rings is 1. The number of thioether (sulfide) groups is 1. The first-order valence-corrected chi connectivity index (χ1v) is 14.4. The van der Waals surface area contributed by atoms with Crippen molar-refractivity contribution in [2.75, 3.05) is 24.8 Å². The average molecular weight is 585 g/mol. The molecule has 1 aromatic heterocycles. The lowest BCUT2D eigenvalue weighted by molar-refractivity contribution is -0.179. The van der Waals surface area contributed by atoms with Crippen LogP contribution < -0.4 is 5.32 Å². The molecule has 0 bridgehead atoms. The van der Waals surface area contributed by atoms with Gasteiger partial charge in [0.05, 0.1) is 11.0 Å². The van der Waals surface area contributed by atoms with Crippen LogP contribution in [0.1, 0.15) is 24.2 Å². The highest BCUT2D eigenvalue weighted by molar-refractivity contribution is 8.00. The molecule has 2 N–H and O–H groups in total. The van der Waals surface area contributed by atoms with E-state index in [1.807, 2.05) is 84.9 Å². The number of ether oxygens (including phenoxy) is 3. The summed E-state index contributed by atoms with van der Waals surface area (Å²) in [6.07, 6.45) is -0.729. The summed E-state index contributed by atoms with van der Waals surface area (Å²) in [5.41, 5.74) is 2.09. The van der Waals surface area contributed by atoms with Crippen LogP contribution in [0.2, 0.25) is 0 Å². The lowest BCUT2D eigenvalue weighted by Crippen LogP contribution is -2.77. The predicted octanol–water partition coefficient (Wildman–Crippen LogP) is 4.38. The number of benzene rings is 3. The van der Waals surface area contributed by atoms with Crippen molar-refractivity contribution < 1.29 is 28.6 Å². The van der Waals surface area contributed by atoms with Crippen molar-refractivity contribution in [2.24, 2.45) is 0 Å². The van der Waals surface area contributed by atoms with Crippen LogP contribution in [0.3, 0.4) is 0 Å². The molecule has 3 heterocycles. The van der Waals surface area contributed by atoms with E-state index >= 15 is 0 Å². The Labute approximate surface area is 246 Å². The SMILES string of the molecule is CO[C@@]1(Nc2nc3ccccc3[nH]2)C(=O)N2C(C(=O)OC(c3ccccc3)c3ccccc3)=C(COC(C)=O)CS[C@@H]21. The Morgan fingerprint density at radius 2 is 1.69 bits per heavy atom. The van der Waals surface area contributed by atoms with Crippen LogP contribution in [0.5, 0.6) is 0 Å². The highest BCUT2D eigenvalue weighted by atomic mass is 32.2. The lowest BCUT2D eigenvalue weighted by Gasteiger charge is -2.56. The molecule has 6 rings (SSSR count). The molecule has 2 aliphatic heterocycles. The molecule has 2 aliphatic rings. The van der Waals surface area contributed by atoms with Gasteiger partial charge in [-0.25, -0.2) is 9.78 Å². The number of hydrogen-bond acceptors (Lipinski definition) is 9. The van der Waals surface area contributed by atoms with E-state index in [2.05, 4.69) is 15.3 Å². The summed E-state index contributed by atoms with van der Waals surface area (Å²) in [6.45, 7) is 1.14. The number of anilines is 1. The summed E-state index contributed by atoms with van der Waals surface area (Å²) in [7, 11) is 1.43.